The van der Waals surface area contributed by atoms with Crippen LogP contribution in [0.1, 0.15) is 16.7 Å². The number of halogens is 1. The Balaban J connectivity index is 2.12. The summed E-state index contributed by atoms with van der Waals surface area (Å²) in [6.07, 6.45) is 0. The summed E-state index contributed by atoms with van der Waals surface area (Å²) in [5.41, 5.74) is 3.65. The summed E-state index contributed by atoms with van der Waals surface area (Å²) in [6.45, 7) is 4.82. The number of aryl methyl sites for hydroxylation is 2. The van der Waals surface area contributed by atoms with E-state index in [1.807, 2.05) is 18.2 Å². The molecule has 2 aromatic rings. The average Bonchev–Trinajstić information content (AvgIpc) is 2.33. The molecule has 0 atom stereocenters. The summed E-state index contributed by atoms with van der Waals surface area (Å²) in [7, 11) is 0. The van der Waals surface area contributed by atoms with Gasteiger partial charge in [0.05, 0.1) is 0 Å². The van der Waals surface area contributed by atoms with Crippen LogP contribution in [0.2, 0.25) is 0 Å². The number of hydrogen-bond donors (Lipinski definition) is 0. The molecule has 0 spiro atoms. The van der Waals surface area contributed by atoms with Gasteiger partial charge in [0.2, 0.25) is 0 Å². The normalized spacial score (nSPS) is 10.3. The van der Waals surface area contributed by atoms with E-state index < -0.39 is 0 Å². The molecule has 2 heteroatoms. The molecule has 0 heterocycles. The fourth-order valence-electron chi connectivity index (χ4n) is 1.65. The van der Waals surface area contributed by atoms with Gasteiger partial charge in [0.25, 0.3) is 0 Å². The Morgan fingerprint density at radius 1 is 1.00 bits per heavy atom. The van der Waals surface area contributed by atoms with E-state index in [-0.39, 0.29) is 0 Å². The number of benzene rings is 2. The first kappa shape index (κ1) is 12.4. The SMILES string of the molecule is Cc1cc(OCc2ccccc2)c(C)cc1I. The van der Waals surface area contributed by atoms with Gasteiger partial charge in [0.15, 0.2) is 0 Å². The van der Waals surface area contributed by atoms with E-state index >= 15 is 0 Å². The summed E-state index contributed by atoms with van der Waals surface area (Å²) >= 11 is 2.35. The van der Waals surface area contributed by atoms with Gasteiger partial charge >= 0.3 is 0 Å². The van der Waals surface area contributed by atoms with Gasteiger partial charge in [-0.25, -0.2) is 0 Å². The van der Waals surface area contributed by atoms with Crippen LogP contribution in [0.25, 0.3) is 0 Å². The predicted molar refractivity (Wildman–Crippen MR) is 79.4 cm³/mol. The van der Waals surface area contributed by atoms with Crippen LogP contribution in [0.3, 0.4) is 0 Å². The van der Waals surface area contributed by atoms with Crippen molar-refractivity contribution in [2.24, 2.45) is 0 Å². The lowest BCUT2D eigenvalue weighted by molar-refractivity contribution is 0.304. The number of rotatable bonds is 3. The molecule has 17 heavy (non-hydrogen) atoms. The monoisotopic (exact) mass is 338 g/mol. The predicted octanol–water partition coefficient (Wildman–Crippen LogP) is 4.49. The Morgan fingerprint density at radius 2 is 1.71 bits per heavy atom. The largest absolute Gasteiger partial charge is 0.489 e. The van der Waals surface area contributed by atoms with Crippen molar-refractivity contribution in [3.8, 4) is 5.75 Å². The van der Waals surface area contributed by atoms with Crippen molar-refractivity contribution in [1.82, 2.24) is 0 Å². The van der Waals surface area contributed by atoms with Crippen LogP contribution < -0.4 is 4.74 Å². The summed E-state index contributed by atoms with van der Waals surface area (Å²) in [5.74, 6) is 0.978. The molecule has 88 valence electrons. The highest BCUT2D eigenvalue weighted by atomic mass is 127. The zero-order valence-corrected chi connectivity index (χ0v) is 12.2. The Labute approximate surface area is 116 Å². The van der Waals surface area contributed by atoms with Gasteiger partial charge in [-0.05, 0) is 65.3 Å². The van der Waals surface area contributed by atoms with Crippen molar-refractivity contribution in [2.45, 2.75) is 20.5 Å². The summed E-state index contributed by atoms with van der Waals surface area (Å²) in [6, 6.07) is 14.5. The molecule has 0 N–H and O–H groups in total. The van der Waals surface area contributed by atoms with E-state index in [0.717, 1.165) is 5.75 Å². The molecule has 1 nitrogen and oxygen atoms in total. The molecule has 0 aliphatic rings. The van der Waals surface area contributed by atoms with Crippen LogP contribution in [0.5, 0.6) is 5.75 Å². The van der Waals surface area contributed by atoms with Crippen molar-refractivity contribution >= 4 is 22.6 Å². The Bertz CT molecular complexity index is 506. The van der Waals surface area contributed by atoms with Crippen molar-refractivity contribution in [3.63, 3.8) is 0 Å². The molecule has 2 aromatic carbocycles. The molecule has 0 saturated carbocycles. The molecule has 2 rings (SSSR count). The first-order valence-corrected chi connectivity index (χ1v) is 6.68. The second-order valence-electron chi connectivity index (χ2n) is 4.14. The highest BCUT2D eigenvalue weighted by Gasteiger charge is 2.03. The number of hydrogen-bond acceptors (Lipinski definition) is 1. The quantitative estimate of drug-likeness (QED) is 0.750. The second-order valence-corrected chi connectivity index (χ2v) is 5.30. The molecule has 0 amide bonds. The molecular weight excluding hydrogens is 323 g/mol. The summed E-state index contributed by atoms with van der Waals surface area (Å²) < 4.78 is 7.14. The zero-order valence-electron chi connectivity index (χ0n) is 10.0. The van der Waals surface area contributed by atoms with Crippen molar-refractivity contribution in [3.05, 3.63) is 62.7 Å². The Kier molecular flexibility index (Phi) is 4.05. The standard InChI is InChI=1S/C15H15IO/c1-11-9-15(12(2)8-14(11)16)17-10-13-6-4-3-5-7-13/h3-9H,10H2,1-2H3. The molecule has 0 aromatic heterocycles. The molecule has 0 bridgehead atoms. The topological polar surface area (TPSA) is 9.23 Å². The lowest BCUT2D eigenvalue weighted by Gasteiger charge is -2.11. The highest BCUT2D eigenvalue weighted by Crippen LogP contribution is 2.24. The smallest absolute Gasteiger partial charge is 0.123 e. The van der Waals surface area contributed by atoms with Crippen LogP contribution in [-0.4, -0.2) is 0 Å². The molecule has 0 saturated heterocycles. The van der Waals surface area contributed by atoms with Gasteiger partial charge in [-0.1, -0.05) is 30.3 Å². The minimum Gasteiger partial charge on any atom is -0.489 e. The van der Waals surface area contributed by atoms with Gasteiger partial charge in [-0.15, -0.1) is 0 Å². The maximum atomic E-state index is 5.86. The summed E-state index contributed by atoms with van der Waals surface area (Å²) in [4.78, 5) is 0. The third-order valence-electron chi connectivity index (χ3n) is 2.69. The van der Waals surface area contributed by atoms with E-state index in [4.69, 9.17) is 4.74 Å². The highest BCUT2D eigenvalue weighted by molar-refractivity contribution is 14.1. The molecule has 0 unspecified atom stereocenters. The lowest BCUT2D eigenvalue weighted by atomic mass is 10.1. The Hall–Kier alpha value is -1.03. The molecule has 0 aliphatic carbocycles. The van der Waals surface area contributed by atoms with Crippen molar-refractivity contribution < 1.29 is 4.74 Å². The first-order valence-electron chi connectivity index (χ1n) is 5.60. The van der Waals surface area contributed by atoms with Crippen LogP contribution >= 0.6 is 22.6 Å². The maximum absolute atomic E-state index is 5.86. The van der Waals surface area contributed by atoms with E-state index in [1.165, 1.54) is 20.3 Å². The maximum Gasteiger partial charge on any atom is 0.123 e. The van der Waals surface area contributed by atoms with Crippen LogP contribution in [0.4, 0.5) is 0 Å². The van der Waals surface area contributed by atoms with Gasteiger partial charge in [0, 0.05) is 3.57 Å². The van der Waals surface area contributed by atoms with E-state index in [9.17, 15) is 0 Å². The molecule has 0 fully saturated rings. The number of ether oxygens (including phenoxy) is 1. The lowest BCUT2D eigenvalue weighted by Crippen LogP contribution is -1.98. The average molecular weight is 338 g/mol. The van der Waals surface area contributed by atoms with Crippen molar-refractivity contribution in [2.75, 3.05) is 0 Å². The van der Waals surface area contributed by atoms with Crippen LogP contribution in [0, 0.1) is 17.4 Å². The molecule has 0 aliphatic heterocycles. The fourth-order valence-corrected chi connectivity index (χ4v) is 2.27. The van der Waals surface area contributed by atoms with Gasteiger partial charge < -0.3 is 4.74 Å². The molecular formula is C15H15IO. The minimum atomic E-state index is 0.627. The first-order chi connectivity index (χ1) is 8.16. The van der Waals surface area contributed by atoms with Gasteiger partial charge in [-0.3, -0.25) is 0 Å². The third-order valence-corrected chi connectivity index (χ3v) is 3.86. The van der Waals surface area contributed by atoms with Crippen molar-refractivity contribution in [1.29, 1.82) is 0 Å². The van der Waals surface area contributed by atoms with Gasteiger partial charge in [0.1, 0.15) is 12.4 Å². The summed E-state index contributed by atoms with van der Waals surface area (Å²) in [5, 5.41) is 0. The molecule has 0 radical (unpaired) electrons. The van der Waals surface area contributed by atoms with Crippen LogP contribution in [-0.2, 0) is 6.61 Å². The Morgan fingerprint density at radius 3 is 2.41 bits per heavy atom. The van der Waals surface area contributed by atoms with Gasteiger partial charge in [-0.2, -0.15) is 0 Å². The zero-order chi connectivity index (χ0) is 12.3. The van der Waals surface area contributed by atoms with E-state index in [0.29, 0.717) is 6.61 Å². The second kappa shape index (κ2) is 5.54. The minimum absolute atomic E-state index is 0.627. The fraction of sp³-hybridized carbons (Fsp3) is 0.200. The van der Waals surface area contributed by atoms with E-state index in [1.54, 1.807) is 0 Å². The van der Waals surface area contributed by atoms with E-state index in [2.05, 4.69) is 60.7 Å². The third kappa shape index (κ3) is 3.22. The van der Waals surface area contributed by atoms with Crippen LogP contribution in [0.15, 0.2) is 42.5 Å².